The Bertz CT molecular complexity index is 564. The highest BCUT2D eigenvalue weighted by atomic mass is 19.1. The zero-order chi connectivity index (χ0) is 12.4. The maximum absolute atomic E-state index is 13.6. The van der Waals surface area contributed by atoms with E-state index in [-0.39, 0.29) is 11.5 Å². The summed E-state index contributed by atoms with van der Waals surface area (Å²) < 4.78 is 13.6. The monoisotopic (exact) mass is 231 g/mol. The van der Waals surface area contributed by atoms with Crippen molar-refractivity contribution in [2.24, 2.45) is 0 Å². The maximum atomic E-state index is 13.6. The molecule has 0 fully saturated rings. The van der Waals surface area contributed by atoms with Crippen LogP contribution in [0.2, 0.25) is 0 Å². The highest BCUT2D eigenvalue weighted by Gasteiger charge is 2.08. The van der Waals surface area contributed by atoms with Gasteiger partial charge in [0.2, 0.25) is 0 Å². The molecule has 3 nitrogen and oxygen atoms in total. The first-order valence-electron chi connectivity index (χ1n) is 5.09. The molecule has 0 saturated heterocycles. The van der Waals surface area contributed by atoms with Crippen LogP contribution in [0.1, 0.15) is 5.56 Å². The average Bonchev–Trinajstić information content (AvgIpc) is 2.32. The third-order valence-corrected chi connectivity index (χ3v) is 2.51. The van der Waals surface area contributed by atoms with E-state index >= 15 is 0 Å². The highest BCUT2D eigenvalue weighted by Crippen LogP contribution is 2.25. The average molecular weight is 231 g/mol. The number of non-ortho nitro benzene ring substituents is 1. The van der Waals surface area contributed by atoms with Crippen molar-refractivity contribution in [2.45, 2.75) is 6.92 Å². The molecule has 0 aliphatic carbocycles. The molecule has 0 amide bonds. The molecular weight excluding hydrogens is 221 g/mol. The van der Waals surface area contributed by atoms with Gasteiger partial charge in [0.25, 0.3) is 5.69 Å². The fourth-order valence-electron chi connectivity index (χ4n) is 1.62. The number of nitrogens with zero attached hydrogens (tertiary/aromatic N) is 1. The first-order chi connectivity index (χ1) is 8.08. The first-order valence-corrected chi connectivity index (χ1v) is 5.09. The lowest BCUT2D eigenvalue weighted by Crippen LogP contribution is -1.89. The molecular formula is C13H10FNO2. The predicted molar refractivity (Wildman–Crippen MR) is 63.2 cm³/mol. The van der Waals surface area contributed by atoms with Crippen molar-refractivity contribution >= 4 is 5.69 Å². The number of benzene rings is 2. The van der Waals surface area contributed by atoms with Crippen LogP contribution in [0.5, 0.6) is 0 Å². The zero-order valence-electron chi connectivity index (χ0n) is 9.18. The number of hydrogen-bond acceptors (Lipinski definition) is 2. The molecule has 86 valence electrons. The minimum Gasteiger partial charge on any atom is -0.258 e. The quantitative estimate of drug-likeness (QED) is 0.584. The number of hydrogen-bond donors (Lipinski definition) is 0. The summed E-state index contributed by atoms with van der Waals surface area (Å²) in [7, 11) is 0. The molecule has 0 atom stereocenters. The smallest absolute Gasteiger partial charge is 0.258 e. The minimum atomic E-state index is -0.476. The van der Waals surface area contributed by atoms with E-state index in [0.717, 1.165) is 5.56 Å². The Morgan fingerprint density at radius 3 is 2.35 bits per heavy atom. The zero-order valence-corrected chi connectivity index (χ0v) is 9.18. The molecule has 2 rings (SSSR count). The molecule has 0 bridgehead atoms. The van der Waals surface area contributed by atoms with Crippen molar-refractivity contribution in [1.29, 1.82) is 0 Å². The van der Waals surface area contributed by atoms with E-state index in [9.17, 15) is 14.5 Å². The number of nitro groups is 1. The van der Waals surface area contributed by atoms with Crippen molar-refractivity contribution < 1.29 is 9.31 Å². The molecule has 0 spiro atoms. The molecule has 0 heterocycles. The second-order valence-electron chi connectivity index (χ2n) is 3.79. The fourth-order valence-corrected chi connectivity index (χ4v) is 1.62. The molecule has 0 unspecified atom stereocenters. The number of halogens is 1. The van der Waals surface area contributed by atoms with Crippen LogP contribution < -0.4 is 0 Å². The van der Waals surface area contributed by atoms with Gasteiger partial charge >= 0.3 is 0 Å². The maximum Gasteiger partial charge on any atom is 0.269 e. The van der Waals surface area contributed by atoms with Crippen molar-refractivity contribution in [2.75, 3.05) is 0 Å². The summed E-state index contributed by atoms with van der Waals surface area (Å²) >= 11 is 0. The molecule has 4 heteroatoms. The standard InChI is InChI=1S/C13H10FNO2/c1-9-2-7-13(14)12(8-9)10-3-5-11(6-4-10)15(16)17/h2-8H,1H3. The number of aryl methyl sites for hydroxylation is 1. The molecule has 0 N–H and O–H groups in total. The van der Waals surface area contributed by atoms with Gasteiger partial charge in [0.15, 0.2) is 0 Å². The Kier molecular flexibility index (Phi) is 2.87. The van der Waals surface area contributed by atoms with Crippen molar-refractivity contribution in [3.05, 3.63) is 64.0 Å². The highest BCUT2D eigenvalue weighted by molar-refractivity contribution is 5.66. The van der Waals surface area contributed by atoms with Gasteiger partial charge < -0.3 is 0 Å². The Balaban J connectivity index is 2.46. The van der Waals surface area contributed by atoms with Crippen LogP contribution in [0.4, 0.5) is 10.1 Å². The Morgan fingerprint density at radius 2 is 1.76 bits per heavy atom. The summed E-state index contributed by atoms with van der Waals surface area (Å²) in [6, 6.07) is 10.6. The van der Waals surface area contributed by atoms with Crippen LogP contribution in [0, 0.1) is 22.9 Å². The number of rotatable bonds is 2. The summed E-state index contributed by atoms with van der Waals surface area (Å²) in [5.41, 5.74) is 2.04. The van der Waals surface area contributed by atoms with Gasteiger partial charge in [0.05, 0.1) is 4.92 Å². The Hall–Kier alpha value is -2.23. The van der Waals surface area contributed by atoms with Crippen LogP contribution in [-0.4, -0.2) is 4.92 Å². The summed E-state index contributed by atoms with van der Waals surface area (Å²) in [4.78, 5) is 10.0. The van der Waals surface area contributed by atoms with E-state index < -0.39 is 4.92 Å². The topological polar surface area (TPSA) is 43.1 Å². The van der Waals surface area contributed by atoms with E-state index in [0.29, 0.717) is 11.1 Å². The third-order valence-electron chi connectivity index (χ3n) is 2.51. The van der Waals surface area contributed by atoms with Gasteiger partial charge in [-0.2, -0.15) is 0 Å². The normalized spacial score (nSPS) is 10.2. The van der Waals surface area contributed by atoms with Crippen LogP contribution in [-0.2, 0) is 0 Å². The lowest BCUT2D eigenvalue weighted by molar-refractivity contribution is -0.384. The molecule has 17 heavy (non-hydrogen) atoms. The second kappa shape index (κ2) is 4.33. The van der Waals surface area contributed by atoms with Crippen LogP contribution in [0.25, 0.3) is 11.1 Å². The lowest BCUT2D eigenvalue weighted by atomic mass is 10.0. The summed E-state index contributed by atoms with van der Waals surface area (Å²) in [6.07, 6.45) is 0. The van der Waals surface area contributed by atoms with Gasteiger partial charge in [-0.15, -0.1) is 0 Å². The third kappa shape index (κ3) is 2.30. The van der Waals surface area contributed by atoms with E-state index in [4.69, 9.17) is 0 Å². The SMILES string of the molecule is Cc1ccc(F)c(-c2ccc([N+](=O)[O-])cc2)c1. The van der Waals surface area contributed by atoms with E-state index in [2.05, 4.69) is 0 Å². The fraction of sp³-hybridized carbons (Fsp3) is 0.0769. The molecule has 2 aromatic carbocycles. The molecule has 0 aliphatic rings. The number of nitro benzene ring substituents is 1. The van der Waals surface area contributed by atoms with E-state index in [1.807, 2.05) is 6.92 Å². The van der Waals surface area contributed by atoms with Crippen molar-refractivity contribution in [3.8, 4) is 11.1 Å². The largest absolute Gasteiger partial charge is 0.269 e. The molecule has 0 radical (unpaired) electrons. The van der Waals surface area contributed by atoms with Crippen molar-refractivity contribution in [1.82, 2.24) is 0 Å². The van der Waals surface area contributed by atoms with Crippen LogP contribution >= 0.6 is 0 Å². The predicted octanol–water partition coefficient (Wildman–Crippen LogP) is 3.71. The van der Waals surface area contributed by atoms with Gasteiger partial charge in [-0.1, -0.05) is 11.6 Å². The molecule has 0 aliphatic heterocycles. The van der Waals surface area contributed by atoms with Gasteiger partial charge in [-0.25, -0.2) is 4.39 Å². The minimum absolute atomic E-state index is 0.00168. The summed E-state index contributed by atoms with van der Waals surface area (Å²) in [6.45, 7) is 1.87. The van der Waals surface area contributed by atoms with E-state index in [1.54, 1.807) is 24.3 Å². The van der Waals surface area contributed by atoms with Gasteiger partial charge in [0.1, 0.15) is 5.82 Å². The Labute approximate surface area is 97.7 Å². The summed E-state index contributed by atoms with van der Waals surface area (Å²) in [5, 5.41) is 10.5. The van der Waals surface area contributed by atoms with Crippen molar-refractivity contribution in [3.63, 3.8) is 0 Å². The van der Waals surface area contributed by atoms with Crippen LogP contribution in [0.15, 0.2) is 42.5 Å². The van der Waals surface area contributed by atoms with E-state index in [1.165, 1.54) is 18.2 Å². The Morgan fingerprint density at radius 1 is 1.12 bits per heavy atom. The van der Waals surface area contributed by atoms with Gasteiger partial charge in [-0.05, 0) is 36.8 Å². The lowest BCUT2D eigenvalue weighted by Gasteiger charge is -2.04. The summed E-state index contributed by atoms with van der Waals surface area (Å²) in [5.74, 6) is -0.329. The first kappa shape index (κ1) is 11.3. The second-order valence-corrected chi connectivity index (χ2v) is 3.79. The molecule has 0 aromatic heterocycles. The van der Waals surface area contributed by atoms with Gasteiger partial charge in [0, 0.05) is 17.7 Å². The van der Waals surface area contributed by atoms with Gasteiger partial charge in [-0.3, -0.25) is 10.1 Å². The molecule has 2 aromatic rings. The van der Waals surface area contributed by atoms with Crippen LogP contribution in [0.3, 0.4) is 0 Å². The molecule has 0 saturated carbocycles.